The summed E-state index contributed by atoms with van der Waals surface area (Å²) >= 11 is -3.36. The summed E-state index contributed by atoms with van der Waals surface area (Å²) in [6.07, 6.45) is 18.1. The molecule has 306 valence electrons. The maximum atomic E-state index is 2.83. The summed E-state index contributed by atoms with van der Waals surface area (Å²) in [5.74, 6) is 1.45. The average Bonchev–Trinajstić information content (AvgIpc) is 4.12. The maximum Gasteiger partial charge on any atom is -1.00 e. The van der Waals surface area contributed by atoms with Crippen molar-refractivity contribution in [3.05, 3.63) is 179 Å². The third-order valence-electron chi connectivity index (χ3n) is 16.4. The number of hydrogen-bond donors (Lipinski definition) is 0. The van der Waals surface area contributed by atoms with Gasteiger partial charge in [-0.1, -0.05) is 0 Å². The van der Waals surface area contributed by atoms with E-state index in [1.165, 1.54) is 131 Å². The minimum Gasteiger partial charge on any atom is -1.00 e. The Morgan fingerprint density at radius 3 is 1.06 bits per heavy atom. The quantitative estimate of drug-likeness (QED) is 0.115. The van der Waals surface area contributed by atoms with E-state index in [0.717, 1.165) is 11.8 Å². The Labute approximate surface area is 383 Å². The molecular weight excluding hydrogens is 958 g/mol. The fourth-order valence-electron chi connectivity index (χ4n) is 13.7. The van der Waals surface area contributed by atoms with Crippen LogP contribution < -0.4 is 24.8 Å². The van der Waals surface area contributed by atoms with Crippen LogP contribution in [-0.2, 0) is 20.0 Å². The molecule has 13 rings (SSSR count). The molecular formula is C59H52Cl2Hf. The van der Waals surface area contributed by atoms with Crippen LogP contribution in [0.2, 0.25) is 8.35 Å². The molecule has 2 saturated carbocycles. The van der Waals surface area contributed by atoms with Gasteiger partial charge in [-0.25, -0.2) is 0 Å². The SMILES string of the molecule is C1=C(C2CCCC2)[CH]([Hf+2]2([CH]3C(C4CCCC4)=Cc4c(-c5c6ccccc6cc6ccccc56)cccc43)[CH2]C[CH2]2)c2cccc(-c3c4ccccc4cc4ccccc34)c21.[Cl-].[Cl-]. The Morgan fingerprint density at radius 1 is 0.371 bits per heavy atom. The molecule has 8 aromatic carbocycles. The standard InChI is InChI=1S/2C28H23.C3H6.2ClH.Hf/c2*1-2-9-19(8-1)23-17-22-12-7-15-26(27(22)18-23)28-24-13-5-3-10-20(24)16-21-11-4-6-14-25(21)28;1-3-2;;;/h2*3-7,10-19H,1-2,8-9H2;1-3H2;2*1H;/q;;;;;+2/p-2. The second-order valence-corrected chi connectivity index (χ2v) is 35.8. The molecule has 0 bridgehead atoms. The molecule has 0 spiro atoms. The number of fused-ring (bicyclic) bond motifs is 6. The number of allylic oxidation sites excluding steroid dienone is 2. The first-order chi connectivity index (χ1) is 29.7. The molecule has 0 nitrogen and oxygen atoms in total. The van der Waals surface area contributed by atoms with Crippen LogP contribution >= 0.6 is 0 Å². The third-order valence-corrected chi connectivity index (χ3v) is 38.5. The van der Waals surface area contributed by atoms with Crippen molar-refractivity contribution in [1.82, 2.24) is 0 Å². The van der Waals surface area contributed by atoms with Gasteiger partial charge in [0.05, 0.1) is 0 Å². The Balaban J connectivity index is 0.00000216. The van der Waals surface area contributed by atoms with E-state index in [0.29, 0.717) is 7.35 Å². The average molecular weight is 1010 g/mol. The van der Waals surface area contributed by atoms with Gasteiger partial charge in [0.1, 0.15) is 0 Å². The van der Waals surface area contributed by atoms with Crippen molar-refractivity contribution >= 4 is 55.2 Å². The van der Waals surface area contributed by atoms with Crippen molar-refractivity contribution < 1.29 is 44.8 Å². The molecule has 2 atom stereocenters. The molecule has 1 heterocycles. The van der Waals surface area contributed by atoms with E-state index in [1.807, 2.05) is 11.1 Å². The van der Waals surface area contributed by atoms with E-state index in [9.17, 15) is 0 Å². The van der Waals surface area contributed by atoms with Crippen molar-refractivity contribution in [3.8, 4) is 22.3 Å². The number of hydrogen-bond acceptors (Lipinski definition) is 0. The van der Waals surface area contributed by atoms with Gasteiger partial charge in [-0.2, -0.15) is 0 Å². The van der Waals surface area contributed by atoms with E-state index in [4.69, 9.17) is 0 Å². The van der Waals surface area contributed by atoms with Crippen LogP contribution in [0.1, 0.15) is 87.4 Å². The summed E-state index contributed by atoms with van der Waals surface area (Å²) in [4.78, 5) is 0. The molecule has 3 fully saturated rings. The molecule has 1 aliphatic heterocycles. The second kappa shape index (κ2) is 16.1. The Hall–Kier alpha value is -4.27. The molecule has 8 aromatic rings. The smallest absolute Gasteiger partial charge is 1.00 e. The predicted octanol–water partition coefficient (Wildman–Crippen LogP) is 11.0. The fraction of sp³-hybridized carbons (Fsp3) is 0.254. The normalized spacial score (nSPS) is 19.9. The molecule has 0 aromatic heterocycles. The monoisotopic (exact) mass is 1010 g/mol. The van der Waals surface area contributed by atoms with Gasteiger partial charge in [-0.15, -0.1) is 0 Å². The first-order valence-corrected chi connectivity index (χ1v) is 32.5. The zero-order valence-electron chi connectivity index (χ0n) is 35.4. The molecule has 62 heavy (non-hydrogen) atoms. The minimum atomic E-state index is -3.36. The van der Waals surface area contributed by atoms with Crippen LogP contribution in [0.5, 0.6) is 0 Å². The minimum absolute atomic E-state index is 0. The number of rotatable bonds is 6. The molecule has 2 unspecified atom stereocenters. The van der Waals surface area contributed by atoms with Gasteiger partial charge in [-0.3, -0.25) is 0 Å². The van der Waals surface area contributed by atoms with Gasteiger partial charge in [0, 0.05) is 0 Å². The maximum absolute atomic E-state index is 3.36. The van der Waals surface area contributed by atoms with E-state index in [2.05, 4.69) is 158 Å². The van der Waals surface area contributed by atoms with Gasteiger partial charge in [0.25, 0.3) is 0 Å². The molecule has 3 heteroatoms. The predicted molar refractivity (Wildman–Crippen MR) is 253 cm³/mol. The first-order valence-electron chi connectivity index (χ1n) is 23.3. The molecule has 4 aliphatic carbocycles. The van der Waals surface area contributed by atoms with Crippen LogP contribution in [0.25, 0.3) is 77.5 Å². The summed E-state index contributed by atoms with van der Waals surface area (Å²) in [5.41, 5.74) is 16.1. The van der Waals surface area contributed by atoms with Crippen molar-refractivity contribution in [3.63, 3.8) is 0 Å². The van der Waals surface area contributed by atoms with Crippen molar-refractivity contribution in [2.75, 3.05) is 0 Å². The molecule has 0 N–H and O–H groups in total. The summed E-state index contributed by atoms with van der Waals surface area (Å²) < 4.78 is 4.37. The molecule has 0 amide bonds. The van der Waals surface area contributed by atoms with E-state index in [-0.39, 0.29) is 24.8 Å². The Kier molecular flexibility index (Phi) is 10.5. The van der Waals surface area contributed by atoms with Gasteiger partial charge >= 0.3 is 362 Å². The summed E-state index contributed by atoms with van der Waals surface area (Å²) in [7, 11) is 0. The first kappa shape index (κ1) is 40.5. The zero-order valence-corrected chi connectivity index (χ0v) is 40.5. The Morgan fingerprint density at radius 2 is 0.726 bits per heavy atom. The van der Waals surface area contributed by atoms with Crippen LogP contribution in [-0.4, -0.2) is 0 Å². The fourth-order valence-corrected chi connectivity index (χ4v) is 36.6. The number of halogens is 2. The summed E-state index contributed by atoms with van der Waals surface area (Å²) in [6, 6.07) is 56.6. The third kappa shape index (κ3) is 6.08. The zero-order chi connectivity index (χ0) is 39.4. The van der Waals surface area contributed by atoms with Crippen molar-refractivity contribution in [1.29, 1.82) is 0 Å². The summed E-state index contributed by atoms with van der Waals surface area (Å²) in [6.45, 7) is 0. The second-order valence-electron chi connectivity index (χ2n) is 19.2. The van der Waals surface area contributed by atoms with Crippen molar-refractivity contribution in [2.45, 2.75) is 73.5 Å². The van der Waals surface area contributed by atoms with Gasteiger partial charge in [0.2, 0.25) is 0 Å². The van der Waals surface area contributed by atoms with E-state index >= 15 is 0 Å². The van der Waals surface area contributed by atoms with Crippen LogP contribution in [0.4, 0.5) is 0 Å². The van der Waals surface area contributed by atoms with Crippen LogP contribution in [0.15, 0.2) is 157 Å². The van der Waals surface area contributed by atoms with Crippen molar-refractivity contribution in [2.24, 2.45) is 11.8 Å². The van der Waals surface area contributed by atoms with Crippen LogP contribution in [0, 0.1) is 11.8 Å². The van der Waals surface area contributed by atoms with Gasteiger partial charge in [0.15, 0.2) is 0 Å². The van der Waals surface area contributed by atoms with Gasteiger partial charge < -0.3 is 24.8 Å². The molecule has 5 aliphatic rings. The largest absolute Gasteiger partial charge is 1.00 e. The van der Waals surface area contributed by atoms with E-state index < -0.39 is 20.0 Å². The number of benzene rings is 8. The van der Waals surface area contributed by atoms with E-state index in [1.54, 1.807) is 22.3 Å². The van der Waals surface area contributed by atoms with Crippen LogP contribution in [0.3, 0.4) is 0 Å². The Bertz CT molecular complexity index is 2800. The van der Waals surface area contributed by atoms with Gasteiger partial charge in [-0.05, 0) is 0 Å². The molecule has 1 saturated heterocycles. The summed E-state index contributed by atoms with van der Waals surface area (Å²) in [5, 5.41) is 10.9. The topological polar surface area (TPSA) is 0 Å². The molecule has 0 radical (unpaired) electrons.